The second-order valence-electron chi connectivity index (χ2n) is 8.26. The zero-order valence-corrected chi connectivity index (χ0v) is 18.7. The van der Waals surface area contributed by atoms with Crippen molar-refractivity contribution in [2.24, 2.45) is 0 Å². The van der Waals surface area contributed by atoms with Gasteiger partial charge in [-0.15, -0.1) is 0 Å². The van der Waals surface area contributed by atoms with Gasteiger partial charge < -0.3 is 10.0 Å². The molecule has 0 saturated carbocycles. The summed E-state index contributed by atoms with van der Waals surface area (Å²) in [6.45, 7) is 5.01. The van der Waals surface area contributed by atoms with E-state index in [1.807, 2.05) is 64.3 Å². The van der Waals surface area contributed by atoms with Gasteiger partial charge in [0.05, 0.1) is 11.5 Å². The molecule has 0 aromatic heterocycles. The van der Waals surface area contributed by atoms with Crippen LogP contribution in [0.5, 0.6) is 0 Å². The SMILES string of the molecule is Cc1cc(-c2ccc(CO)cc2)c(S(=O)(=O)N2CCCCC(N(C)C)C2)cc1C. The Morgan fingerprint density at radius 2 is 1.72 bits per heavy atom. The smallest absolute Gasteiger partial charge is 0.243 e. The lowest BCUT2D eigenvalue weighted by molar-refractivity contribution is 0.248. The van der Waals surface area contributed by atoms with Crippen LogP contribution in [0.25, 0.3) is 11.1 Å². The third kappa shape index (κ3) is 4.72. The Bertz CT molecular complexity index is 953. The highest BCUT2D eigenvalue weighted by atomic mass is 32.2. The maximum absolute atomic E-state index is 13.8. The molecule has 1 aliphatic rings. The van der Waals surface area contributed by atoms with Crippen molar-refractivity contribution < 1.29 is 13.5 Å². The Kier molecular flexibility index (Phi) is 6.79. The molecule has 3 rings (SSSR count). The number of sulfonamides is 1. The van der Waals surface area contributed by atoms with Gasteiger partial charge in [0.2, 0.25) is 10.0 Å². The molecule has 0 spiro atoms. The van der Waals surface area contributed by atoms with Crippen molar-refractivity contribution in [1.29, 1.82) is 0 Å². The molecule has 1 unspecified atom stereocenters. The Balaban J connectivity index is 2.09. The monoisotopic (exact) mass is 416 g/mol. The zero-order chi connectivity index (χ0) is 21.2. The van der Waals surface area contributed by atoms with Crippen LogP contribution in [0.4, 0.5) is 0 Å². The quantitative estimate of drug-likeness (QED) is 0.810. The topological polar surface area (TPSA) is 60.9 Å². The number of nitrogens with zero attached hydrogens (tertiary/aromatic N) is 2. The van der Waals surface area contributed by atoms with Crippen LogP contribution in [0.1, 0.15) is 36.0 Å². The molecule has 2 aromatic rings. The fraction of sp³-hybridized carbons (Fsp3) is 0.478. The maximum Gasteiger partial charge on any atom is 0.243 e. The van der Waals surface area contributed by atoms with Crippen LogP contribution in [0, 0.1) is 13.8 Å². The Hall–Kier alpha value is -1.73. The molecule has 1 fully saturated rings. The lowest BCUT2D eigenvalue weighted by Crippen LogP contribution is -2.42. The van der Waals surface area contributed by atoms with Gasteiger partial charge in [-0.05, 0) is 75.2 Å². The van der Waals surface area contributed by atoms with E-state index < -0.39 is 10.0 Å². The third-order valence-corrected chi connectivity index (χ3v) is 7.91. The molecule has 0 aliphatic carbocycles. The third-order valence-electron chi connectivity index (χ3n) is 6.00. The molecule has 158 valence electrons. The van der Waals surface area contributed by atoms with E-state index in [-0.39, 0.29) is 12.6 Å². The lowest BCUT2D eigenvalue weighted by atomic mass is 9.99. The van der Waals surface area contributed by atoms with E-state index in [0.717, 1.165) is 47.1 Å². The normalized spacial score (nSPS) is 18.8. The fourth-order valence-corrected chi connectivity index (χ4v) is 5.68. The summed E-state index contributed by atoms with van der Waals surface area (Å²) in [6.07, 6.45) is 2.94. The molecule has 6 heteroatoms. The number of rotatable bonds is 5. The van der Waals surface area contributed by atoms with Crippen LogP contribution >= 0.6 is 0 Å². The second kappa shape index (κ2) is 8.96. The van der Waals surface area contributed by atoms with Crippen molar-refractivity contribution in [3.8, 4) is 11.1 Å². The van der Waals surface area contributed by atoms with Gasteiger partial charge in [0.25, 0.3) is 0 Å². The Morgan fingerprint density at radius 1 is 1.07 bits per heavy atom. The van der Waals surface area contributed by atoms with E-state index in [0.29, 0.717) is 18.0 Å². The summed E-state index contributed by atoms with van der Waals surface area (Å²) >= 11 is 0. The van der Waals surface area contributed by atoms with Crippen molar-refractivity contribution >= 4 is 10.0 Å². The average Bonchev–Trinajstić information content (AvgIpc) is 2.97. The van der Waals surface area contributed by atoms with E-state index in [2.05, 4.69) is 4.90 Å². The van der Waals surface area contributed by atoms with Crippen LogP contribution in [-0.4, -0.2) is 56.0 Å². The number of aliphatic hydroxyl groups excluding tert-OH is 1. The summed E-state index contributed by atoms with van der Waals surface area (Å²) in [5.41, 5.74) is 4.42. The van der Waals surface area contributed by atoms with Crippen molar-refractivity contribution in [2.45, 2.75) is 50.7 Å². The molecule has 1 heterocycles. The molecular formula is C23H32N2O3S. The highest BCUT2D eigenvalue weighted by molar-refractivity contribution is 7.89. The van der Waals surface area contributed by atoms with Gasteiger partial charge in [0, 0.05) is 24.7 Å². The Morgan fingerprint density at radius 3 is 2.34 bits per heavy atom. The second-order valence-corrected chi connectivity index (χ2v) is 10.2. The van der Waals surface area contributed by atoms with Crippen molar-refractivity contribution in [1.82, 2.24) is 9.21 Å². The molecule has 29 heavy (non-hydrogen) atoms. The van der Waals surface area contributed by atoms with Crippen molar-refractivity contribution in [3.05, 3.63) is 53.1 Å². The van der Waals surface area contributed by atoms with Gasteiger partial charge in [-0.2, -0.15) is 4.31 Å². The van der Waals surface area contributed by atoms with Crippen molar-refractivity contribution in [2.75, 3.05) is 27.2 Å². The van der Waals surface area contributed by atoms with Gasteiger partial charge in [-0.25, -0.2) is 8.42 Å². The highest BCUT2D eigenvalue weighted by Crippen LogP contribution is 2.33. The molecular weight excluding hydrogens is 384 g/mol. The van der Waals surface area contributed by atoms with Gasteiger partial charge in [-0.1, -0.05) is 30.7 Å². The Labute approximate surface area is 175 Å². The van der Waals surface area contributed by atoms with Crippen LogP contribution in [0.15, 0.2) is 41.3 Å². The first-order chi connectivity index (χ1) is 13.7. The highest BCUT2D eigenvalue weighted by Gasteiger charge is 2.32. The van der Waals surface area contributed by atoms with E-state index in [4.69, 9.17) is 0 Å². The summed E-state index contributed by atoms with van der Waals surface area (Å²) < 4.78 is 29.2. The molecule has 0 radical (unpaired) electrons. The van der Waals surface area contributed by atoms with Gasteiger partial charge in [0.1, 0.15) is 0 Å². The minimum Gasteiger partial charge on any atom is -0.392 e. The first-order valence-electron chi connectivity index (χ1n) is 10.2. The summed E-state index contributed by atoms with van der Waals surface area (Å²) in [5.74, 6) is 0. The van der Waals surface area contributed by atoms with E-state index in [1.54, 1.807) is 4.31 Å². The van der Waals surface area contributed by atoms with Crippen LogP contribution < -0.4 is 0 Å². The summed E-state index contributed by atoms with van der Waals surface area (Å²) in [7, 11) is 0.409. The molecule has 1 saturated heterocycles. The molecule has 2 aromatic carbocycles. The largest absolute Gasteiger partial charge is 0.392 e. The first kappa shape index (κ1) is 22.0. The number of hydrogen-bond donors (Lipinski definition) is 1. The van der Waals surface area contributed by atoms with Gasteiger partial charge in [-0.3, -0.25) is 0 Å². The van der Waals surface area contributed by atoms with Crippen LogP contribution in [-0.2, 0) is 16.6 Å². The number of aryl methyl sites for hydroxylation is 2. The minimum absolute atomic E-state index is 0.0297. The zero-order valence-electron chi connectivity index (χ0n) is 17.9. The summed E-state index contributed by atoms with van der Waals surface area (Å²) in [4.78, 5) is 2.50. The molecule has 1 N–H and O–H groups in total. The summed E-state index contributed by atoms with van der Waals surface area (Å²) in [6, 6.07) is 11.5. The maximum atomic E-state index is 13.8. The molecule has 1 aliphatic heterocycles. The van der Waals surface area contributed by atoms with Gasteiger partial charge >= 0.3 is 0 Å². The predicted octanol–water partition coefficient (Wildman–Crippen LogP) is 3.57. The fourth-order valence-electron chi connectivity index (χ4n) is 3.88. The molecule has 0 amide bonds. The molecule has 1 atom stereocenters. The number of benzene rings is 2. The van der Waals surface area contributed by atoms with Gasteiger partial charge in [0.15, 0.2) is 0 Å². The lowest BCUT2D eigenvalue weighted by Gasteiger charge is -2.29. The summed E-state index contributed by atoms with van der Waals surface area (Å²) in [5, 5.41) is 9.32. The average molecular weight is 417 g/mol. The standard InChI is InChI=1S/C23H32N2O3S/c1-17-13-22(20-10-8-19(16-26)9-11-20)23(14-18(17)2)29(27,28)25-12-6-5-7-21(15-25)24(3)4/h8-11,13-14,21,26H,5-7,12,15-16H2,1-4H3. The number of aliphatic hydroxyl groups is 1. The first-order valence-corrected chi connectivity index (χ1v) is 11.7. The van der Waals surface area contributed by atoms with Crippen molar-refractivity contribution in [3.63, 3.8) is 0 Å². The van der Waals surface area contributed by atoms with E-state index in [9.17, 15) is 13.5 Å². The van der Waals surface area contributed by atoms with E-state index in [1.165, 1.54) is 0 Å². The molecule has 5 nitrogen and oxygen atoms in total. The predicted molar refractivity (Wildman–Crippen MR) is 117 cm³/mol. The number of likely N-dealkylation sites (N-methyl/N-ethyl adjacent to an activating group) is 1. The molecule has 0 bridgehead atoms. The van der Waals surface area contributed by atoms with Crippen LogP contribution in [0.2, 0.25) is 0 Å². The van der Waals surface area contributed by atoms with Crippen LogP contribution in [0.3, 0.4) is 0 Å². The minimum atomic E-state index is -3.63. The number of hydrogen-bond acceptors (Lipinski definition) is 4. The van der Waals surface area contributed by atoms with E-state index >= 15 is 0 Å².